The molecule has 6 nitrogen and oxygen atoms in total. The maximum atomic E-state index is 11.2. The standard InChI is InChI=1S/C21H34N4O2.HI/c1-3-13-27-19-9-5-7-17(14-19)10-11-24-21(23-4-2)25-12-6-8-18(16-25)15-20(22)26;/h5,7,9,14,18H,3-4,6,8,10-13,15-16H2,1-2H3,(H2,22,26)(H,23,24);1H. The molecule has 0 aromatic heterocycles. The van der Waals surface area contributed by atoms with Gasteiger partial charge >= 0.3 is 0 Å². The molecular formula is C21H35IN4O2. The van der Waals surface area contributed by atoms with Crippen molar-refractivity contribution >= 4 is 35.8 Å². The third kappa shape index (κ3) is 8.67. The van der Waals surface area contributed by atoms with Crippen LogP contribution < -0.4 is 15.8 Å². The predicted octanol–water partition coefficient (Wildman–Crippen LogP) is 3.19. The first-order chi connectivity index (χ1) is 13.1. The first kappa shape index (κ1) is 24.5. The van der Waals surface area contributed by atoms with Gasteiger partial charge in [-0.05, 0) is 56.2 Å². The maximum absolute atomic E-state index is 11.2. The van der Waals surface area contributed by atoms with Crippen LogP contribution in [0.2, 0.25) is 0 Å². The molecule has 1 saturated heterocycles. The van der Waals surface area contributed by atoms with E-state index < -0.39 is 0 Å². The second-order valence-electron chi connectivity index (χ2n) is 7.11. The minimum Gasteiger partial charge on any atom is -0.494 e. The zero-order valence-corrected chi connectivity index (χ0v) is 19.5. The molecule has 158 valence electrons. The monoisotopic (exact) mass is 502 g/mol. The van der Waals surface area contributed by atoms with E-state index >= 15 is 0 Å². The molecule has 3 N–H and O–H groups in total. The molecule has 0 saturated carbocycles. The van der Waals surface area contributed by atoms with Gasteiger partial charge in [0.15, 0.2) is 5.96 Å². The SMILES string of the molecule is CCCOc1cccc(CCN=C(NCC)N2CCCC(CC(N)=O)C2)c1.I. The van der Waals surface area contributed by atoms with E-state index in [-0.39, 0.29) is 29.9 Å². The van der Waals surface area contributed by atoms with Crippen LogP contribution in [0.5, 0.6) is 5.75 Å². The van der Waals surface area contributed by atoms with Gasteiger partial charge in [0.25, 0.3) is 0 Å². The Morgan fingerprint density at radius 3 is 2.93 bits per heavy atom. The molecule has 7 heteroatoms. The molecule has 1 amide bonds. The lowest BCUT2D eigenvalue weighted by atomic mass is 9.95. The molecule has 1 unspecified atom stereocenters. The summed E-state index contributed by atoms with van der Waals surface area (Å²) in [7, 11) is 0. The Labute approximate surface area is 186 Å². The molecule has 0 spiro atoms. The average Bonchev–Trinajstić information content (AvgIpc) is 2.66. The highest BCUT2D eigenvalue weighted by molar-refractivity contribution is 14.0. The van der Waals surface area contributed by atoms with Crippen molar-refractivity contribution in [2.24, 2.45) is 16.6 Å². The molecule has 0 radical (unpaired) electrons. The summed E-state index contributed by atoms with van der Waals surface area (Å²) < 4.78 is 5.71. The van der Waals surface area contributed by atoms with Gasteiger partial charge in [-0.1, -0.05) is 19.1 Å². The van der Waals surface area contributed by atoms with Crippen LogP contribution in [0.1, 0.15) is 45.1 Å². The third-order valence-electron chi connectivity index (χ3n) is 4.68. The molecule has 0 aliphatic carbocycles. The van der Waals surface area contributed by atoms with Gasteiger partial charge in [-0.3, -0.25) is 9.79 Å². The zero-order chi connectivity index (χ0) is 19.5. The van der Waals surface area contributed by atoms with E-state index in [4.69, 9.17) is 15.5 Å². The zero-order valence-electron chi connectivity index (χ0n) is 17.2. The maximum Gasteiger partial charge on any atom is 0.217 e. The van der Waals surface area contributed by atoms with Crippen molar-refractivity contribution < 1.29 is 9.53 Å². The van der Waals surface area contributed by atoms with Crippen LogP contribution in [0, 0.1) is 5.92 Å². The molecule has 1 aromatic rings. The average molecular weight is 502 g/mol. The fourth-order valence-electron chi connectivity index (χ4n) is 3.44. The Hall–Kier alpha value is -1.51. The number of amides is 1. The Morgan fingerprint density at radius 1 is 1.39 bits per heavy atom. The van der Waals surface area contributed by atoms with E-state index in [2.05, 4.69) is 36.2 Å². The van der Waals surface area contributed by atoms with Gasteiger partial charge in [-0.15, -0.1) is 24.0 Å². The highest BCUT2D eigenvalue weighted by Crippen LogP contribution is 2.19. The number of carbonyl (C=O) groups is 1. The van der Waals surface area contributed by atoms with Gasteiger partial charge in [0, 0.05) is 32.6 Å². The van der Waals surface area contributed by atoms with Crippen LogP contribution in [0.3, 0.4) is 0 Å². The Balaban J connectivity index is 0.00000392. The molecule has 28 heavy (non-hydrogen) atoms. The topological polar surface area (TPSA) is 79.9 Å². The van der Waals surface area contributed by atoms with Crippen LogP contribution in [0.15, 0.2) is 29.3 Å². The molecular weight excluding hydrogens is 467 g/mol. The van der Waals surface area contributed by atoms with Crippen LogP contribution in [0.25, 0.3) is 0 Å². The van der Waals surface area contributed by atoms with Gasteiger partial charge in [0.1, 0.15) is 5.75 Å². The van der Waals surface area contributed by atoms with Gasteiger partial charge < -0.3 is 20.7 Å². The molecule has 1 aromatic carbocycles. The number of rotatable bonds is 9. The van der Waals surface area contributed by atoms with Crippen LogP contribution >= 0.6 is 24.0 Å². The smallest absolute Gasteiger partial charge is 0.217 e. The number of halogens is 1. The van der Waals surface area contributed by atoms with Crippen molar-refractivity contribution in [3.8, 4) is 5.75 Å². The number of nitrogens with zero attached hydrogens (tertiary/aromatic N) is 2. The van der Waals surface area contributed by atoms with Crippen LogP contribution in [-0.2, 0) is 11.2 Å². The number of benzene rings is 1. The Kier molecular flexibility index (Phi) is 11.9. The summed E-state index contributed by atoms with van der Waals surface area (Å²) in [6.45, 7) is 8.29. The fourth-order valence-corrected chi connectivity index (χ4v) is 3.44. The second-order valence-corrected chi connectivity index (χ2v) is 7.11. The number of nitrogens with two attached hydrogens (primary N) is 1. The van der Waals surface area contributed by atoms with Gasteiger partial charge in [-0.2, -0.15) is 0 Å². The third-order valence-corrected chi connectivity index (χ3v) is 4.68. The van der Waals surface area contributed by atoms with Crippen molar-refractivity contribution in [3.63, 3.8) is 0 Å². The summed E-state index contributed by atoms with van der Waals surface area (Å²) in [5, 5.41) is 3.39. The van der Waals surface area contributed by atoms with Gasteiger partial charge in [0.2, 0.25) is 5.91 Å². The number of primary amides is 1. The second kappa shape index (κ2) is 13.6. The van der Waals surface area contributed by atoms with Gasteiger partial charge in [-0.25, -0.2) is 0 Å². The van der Waals surface area contributed by atoms with Crippen molar-refractivity contribution in [2.45, 2.75) is 46.0 Å². The Bertz CT molecular complexity index is 624. The minimum absolute atomic E-state index is 0. The van der Waals surface area contributed by atoms with E-state index in [0.29, 0.717) is 12.3 Å². The predicted molar refractivity (Wildman–Crippen MR) is 125 cm³/mol. The van der Waals surface area contributed by atoms with Crippen molar-refractivity contribution in [3.05, 3.63) is 29.8 Å². The fraction of sp³-hybridized carbons (Fsp3) is 0.619. The number of carbonyl (C=O) groups excluding carboxylic acids is 1. The largest absolute Gasteiger partial charge is 0.494 e. The molecule has 1 heterocycles. The summed E-state index contributed by atoms with van der Waals surface area (Å²) in [6, 6.07) is 8.25. The summed E-state index contributed by atoms with van der Waals surface area (Å²) >= 11 is 0. The number of hydrogen-bond acceptors (Lipinski definition) is 3. The highest BCUT2D eigenvalue weighted by Gasteiger charge is 2.23. The molecule has 0 bridgehead atoms. The summed E-state index contributed by atoms with van der Waals surface area (Å²) in [4.78, 5) is 18.3. The highest BCUT2D eigenvalue weighted by atomic mass is 127. The number of hydrogen-bond donors (Lipinski definition) is 2. The lowest BCUT2D eigenvalue weighted by Crippen LogP contribution is -2.47. The molecule has 1 aliphatic heterocycles. The van der Waals surface area contributed by atoms with Crippen molar-refractivity contribution in [2.75, 3.05) is 32.8 Å². The number of ether oxygens (including phenoxy) is 1. The lowest BCUT2D eigenvalue weighted by molar-refractivity contribution is -0.119. The van der Waals surface area contributed by atoms with E-state index in [1.54, 1.807) is 0 Å². The van der Waals surface area contributed by atoms with E-state index in [1.165, 1.54) is 5.56 Å². The minimum atomic E-state index is -0.214. The number of piperidine rings is 1. The molecule has 1 fully saturated rings. The summed E-state index contributed by atoms with van der Waals surface area (Å²) in [5.41, 5.74) is 6.61. The number of nitrogens with one attached hydrogen (secondary N) is 1. The summed E-state index contributed by atoms with van der Waals surface area (Å²) in [5.74, 6) is 1.97. The summed E-state index contributed by atoms with van der Waals surface area (Å²) in [6.07, 6.45) is 4.47. The lowest BCUT2D eigenvalue weighted by Gasteiger charge is -2.34. The van der Waals surface area contributed by atoms with Crippen LogP contribution in [0.4, 0.5) is 0 Å². The normalized spacial score (nSPS) is 17.0. The first-order valence-electron chi connectivity index (χ1n) is 10.2. The van der Waals surface area contributed by atoms with Crippen molar-refractivity contribution in [1.82, 2.24) is 10.2 Å². The Morgan fingerprint density at radius 2 is 2.21 bits per heavy atom. The number of aliphatic imine (C=N–C) groups is 1. The van der Waals surface area contributed by atoms with Crippen LogP contribution in [-0.4, -0.2) is 49.6 Å². The van der Waals surface area contributed by atoms with E-state index in [0.717, 1.165) is 70.2 Å². The molecule has 1 aliphatic rings. The van der Waals surface area contributed by atoms with E-state index in [9.17, 15) is 4.79 Å². The van der Waals surface area contributed by atoms with Gasteiger partial charge in [0.05, 0.1) is 6.61 Å². The van der Waals surface area contributed by atoms with E-state index in [1.807, 2.05) is 12.1 Å². The number of likely N-dealkylation sites (tertiary alicyclic amines) is 1. The first-order valence-corrected chi connectivity index (χ1v) is 10.2. The molecule has 2 rings (SSSR count). The molecule has 1 atom stereocenters. The number of guanidine groups is 1. The quantitative estimate of drug-likeness (QED) is 0.309. The van der Waals surface area contributed by atoms with Crippen molar-refractivity contribution in [1.29, 1.82) is 0 Å².